The molecule has 0 aliphatic carbocycles. The molecule has 0 aromatic heterocycles. The van der Waals surface area contributed by atoms with Crippen LogP contribution >= 0.6 is 11.8 Å². The van der Waals surface area contributed by atoms with Crippen molar-refractivity contribution in [2.75, 3.05) is 24.4 Å². The fraction of sp³-hybridized carbons (Fsp3) is 0.545. The fourth-order valence-corrected chi connectivity index (χ4v) is 5.44. The first kappa shape index (κ1) is 30.9. The molecule has 0 fully saturated rings. The van der Waals surface area contributed by atoms with E-state index in [-0.39, 0.29) is 17.9 Å². The van der Waals surface area contributed by atoms with E-state index in [1.807, 2.05) is 42.1 Å². The van der Waals surface area contributed by atoms with E-state index in [9.17, 15) is 4.79 Å². The first-order chi connectivity index (χ1) is 18.7. The summed E-state index contributed by atoms with van der Waals surface area (Å²) >= 11 is 1.85. The molecular weight excluding hydrogens is 504 g/mol. The van der Waals surface area contributed by atoms with E-state index in [2.05, 4.69) is 63.2 Å². The molecule has 0 saturated carbocycles. The van der Waals surface area contributed by atoms with Gasteiger partial charge in [-0.2, -0.15) is 0 Å². The minimum Gasteiger partial charge on any atom is -0.493 e. The molecule has 5 nitrogen and oxygen atoms in total. The molecule has 1 N–H and O–H groups in total. The van der Waals surface area contributed by atoms with Gasteiger partial charge in [-0.05, 0) is 53.0 Å². The van der Waals surface area contributed by atoms with E-state index in [1.54, 1.807) is 0 Å². The summed E-state index contributed by atoms with van der Waals surface area (Å²) in [5.41, 5.74) is 3.05. The number of nitrogens with one attached hydrogen (secondary N) is 1. The van der Waals surface area contributed by atoms with Crippen molar-refractivity contribution < 1.29 is 14.3 Å². The van der Waals surface area contributed by atoms with Gasteiger partial charge in [0.15, 0.2) is 6.61 Å². The molecule has 0 radical (unpaired) electrons. The molecule has 3 rings (SSSR count). The number of hydrogen-bond acceptors (Lipinski definition) is 5. The van der Waals surface area contributed by atoms with Crippen molar-refractivity contribution in [3.8, 4) is 11.5 Å². The van der Waals surface area contributed by atoms with Crippen LogP contribution in [0.2, 0.25) is 0 Å². The number of unbranched alkanes of at least 4 members (excludes halogenated alkanes) is 7. The van der Waals surface area contributed by atoms with Gasteiger partial charge in [-0.25, -0.2) is 0 Å². The number of carbonyl (C=O) groups is 1. The molecule has 1 aliphatic rings. The second-order valence-electron chi connectivity index (χ2n) is 11.5. The Hall–Kier alpha value is -2.60. The van der Waals surface area contributed by atoms with Crippen LogP contribution in [-0.2, 0) is 16.8 Å². The molecule has 1 amide bonds. The zero-order chi connectivity index (χ0) is 28.1. The lowest BCUT2D eigenvalue weighted by molar-refractivity contribution is -0.118. The molecule has 214 valence electrons. The quantitative estimate of drug-likeness (QED) is 0.211. The van der Waals surface area contributed by atoms with Gasteiger partial charge in [0.25, 0.3) is 5.91 Å². The Bertz CT molecular complexity index is 1080. The van der Waals surface area contributed by atoms with Gasteiger partial charge in [-0.3, -0.25) is 4.79 Å². The summed E-state index contributed by atoms with van der Waals surface area (Å²) in [6, 6.07) is 13.9. The lowest BCUT2D eigenvalue weighted by Gasteiger charge is -2.23. The number of hydrogen-bond donors (Lipinski definition) is 1. The Morgan fingerprint density at radius 1 is 0.974 bits per heavy atom. The monoisotopic (exact) mass is 552 g/mol. The maximum atomic E-state index is 12.7. The van der Waals surface area contributed by atoms with Gasteiger partial charge < -0.3 is 19.7 Å². The van der Waals surface area contributed by atoms with E-state index in [0.29, 0.717) is 12.4 Å². The maximum Gasteiger partial charge on any atom is 0.262 e. The van der Waals surface area contributed by atoms with Crippen LogP contribution in [0.15, 0.2) is 53.6 Å². The van der Waals surface area contributed by atoms with Crippen molar-refractivity contribution in [3.05, 3.63) is 64.7 Å². The molecule has 0 atom stereocenters. The number of rotatable bonds is 16. The summed E-state index contributed by atoms with van der Waals surface area (Å²) in [7, 11) is 0. The first-order valence-corrected chi connectivity index (χ1v) is 15.6. The minimum absolute atomic E-state index is 0.0439. The average molecular weight is 553 g/mol. The topological polar surface area (TPSA) is 50.8 Å². The van der Waals surface area contributed by atoms with Gasteiger partial charge >= 0.3 is 0 Å². The largest absolute Gasteiger partial charge is 0.493 e. The van der Waals surface area contributed by atoms with Crippen LogP contribution in [0.3, 0.4) is 0 Å². The first-order valence-electron chi connectivity index (χ1n) is 14.6. The molecular formula is C33H48N2O3S. The van der Waals surface area contributed by atoms with E-state index < -0.39 is 0 Å². The highest BCUT2D eigenvalue weighted by molar-refractivity contribution is 8.03. The Morgan fingerprint density at radius 3 is 2.41 bits per heavy atom. The van der Waals surface area contributed by atoms with Crippen molar-refractivity contribution in [3.63, 3.8) is 0 Å². The van der Waals surface area contributed by atoms with Crippen molar-refractivity contribution in [2.24, 2.45) is 0 Å². The van der Waals surface area contributed by atoms with Gasteiger partial charge in [0.1, 0.15) is 11.5 Å². The van der Waals surface area contributed by atoms with E-state index in [0.717, 1.165) is 41.4 Å². The van der Waals surface area contributed by atoms with Crippen molar-refractivity contribution in [1.82, 2.24) is 4.90 Å². The summed E-state index contributed by atoms with van der Waals surface area (Å²) in [4.78, 5) is 16.3. The maximum absolute atomic E-state index is 12.7. The Kier molecular flexibility index (Phi) is 12.6. The van der Waals surface area contributed by atoms with Crippen LogP contribution in [-0.4, -0.2) is 29.9 Å². The minimum atomic E-state index is -0.180. The van der Waals surface area contributed by atoms with Gasteiger partial charge in [0.2, 0.25) is 0 Å². The number of benzene rings is 2. The summed E-state index contributed by atoms with van der Waals surface area (Å²) in [5, 5.41) is 2.97. The third-order valence-electron chi connectivity index (χ3n) is 6.81. The van der Waals surface area contributed by atoms with E-state index in [1.165, 1.54) is 49.9 Å². The number of anilines is 1. The van der Waals surface area contributed by atoms with Crippen molar-refractivity contribution in [1.29, 1.82) is 0 Å². The zero-order valence-corrected chi connectivity index (χ0v) is 25.5. The van der Waals surface area contributed by atoms with Gasteiger partial charge in [-0.1, -0.05) is 90.8 Å². The Labute approximate surface area is 240 Å². The summed E-state index contributed by atoms with van der Waals surface area (Å²) in [6.07, 6.45) is 12.4. The molecule has 1 aliphatic heterocycles. The van der Waals surface area contributed by atoms with Gasteiger partial charge in [0.05, 0.1) is 12.5 Å². The highest BCUT2D eigenvalue weighted by Crippen LogP contribution is 2.34. The van der Waals surface area contributed by atoms with E-state index in [4.69, 9.17) is 9.47 Å². The zero-order valence-electron chi connectivity index (χ0n) is 24.7. The molecule has 2 aromatic carbocycles. The number of amides is 1. The molecule has 2 aromatic rings. The number of allylic oxidation sites excluding steroid dienone is 1. The van der Waals surface area contributed by atoms with Gasteiger partial charge in [-0.15, -0.1) is 11.8 Å². The van der Waals surface area contributed by atoms with Crippen LogP contribution in [0.5, 0.6) is 11.5 Å². The highest BCUT2D eigenvalue weighted by atomic mass is 32.2. The summed E-state index contributed by atoms with van der Waals surface area (Å²) in [5.74, 6) is 2.28. The van der Waals surface area contributed by atoms with Crippen molar-refractivity contribution in [2.45, 2.75) is 97.9 Å². The van der Waals surface area contributed by atoms with Crippen LogP contribution in [0.25, 0.3) is 0 Å². The van der Waals surface area contributed by atoms with Crippen LogP contribution in [0.1, 0.15) is 97.1 Å². The summed E-state index contributed by atoms with van der Waals surface area (Å²) in [6.45, 7) is 12.4. The fourth-order valence-electron chi connectivity index (χ4n) is 4.69. The highest BCUT2D eigenvalue weighted by Gasteiger charge is 2.20. The normalized spacial score (nSPS) is 13.4. The SMILES string of the molecule is CCCCCCCCCCOc1cc(OCC(=O)Nc2cccc(CN3C=C(C)SC3)c2)ccc1C(C)(C)C. The molecule has 0 spiro atoms. The van der Waals surface area contributed by atoms with E-state index >= 15 is 0 Å². The summed E-state index contributed by atoms with van der Waals surface area (Å²) < 4.78 is 12.1. The lowest BCUT2D eigenvalue weighted by atomic mass is 9.86. The smallest absolute Gasteiger partial charge is 0.262 e. The molecule has 0 saturated heterocycles. The Morgan fingerprint density at radius 2 is 1.72 bits per heavy atom. The number of ether oxygens (including phenoxy) is 2. The molecule has 0 unspecified atom stereocenters. The molecule has 1 heterocycles. The lowest BCUT2D eigenvalue weighted by Crippen LogP contribution is -2.20. The number of thioether (sulfide) groups is 1. The van der Waals surface area contributed by atoms with Crippen LogP contribution in [0.4, 0.5) is 5.69 Å². The molecule has 39 heavy (non-hydrogen) atoms. The molecule has 0 bridgehead atoms. The second kappa shape index (κ2) is 15.9. The third-order valence-corrected chi connectivity index (χ3v) is 7.83. The predicted octanol–water partition coefficient (Wildman–Crippen LogP) is 8.89. The number of carbonyl (C=O) groups excluding carboxylic acids is 1. The predicted molar refractivity (Wildman–Crippen MR) is 166 cm³/mol. The standard InChI is InChI=1S/C33H48N2O3S/c1-6-7-8-9-10-11-12-13-19-37-31-21-29(17-18-30(31)33(3,4)5)38-24-32(36)34-28-16-14-15-27(20-28)23-35-22-26(2)39-25-35/h14-18,20-22H,6-13,19,23-25H2,1-5H3,(H,34,36). The van der Waals surface area contributed by atoms with Crippen LogP contribution in [0, 0.1) is 0 Å². The number of nitrogens with zero attached hydrogens (tertiary/aromatic N) is 1. The molecule has 6 heteroatoms. The second-order valence-corrected chi connectivity index (χ2v) is 12.7. The van der Waals surface area contributed by atoms with Crippen LogP contribution < -0.4 is 14.8 Å². The van der Waals surface area contributed by atoms with Crippen molar-refractivity contribution >= 4 is 23.4 Å². The Balaban J connectivity index is 1.48. The van der Waals surface area contributed by atoms with Gasteiger partial charge in [0, 0.05) is 24.5 Å². The third kappa shape index (κ3) is 11.2. The average Bonchev–Trinajstić information content (AvgIpc) is 3.30.